The van der Waals surface area contributed by atoms with E-state index in [1.165, 1.54) is 6.92 Å². The third kappa shape index (κ3) is 14.1. The third-order valence-electron chi connectivity index (χ3n) is 6.66. The molecule has 256 valence electrons. The molecule has 4 atom stereocenters. The highest BCUT2D eigenvalue weighted by Gasteiger charge is 2.20. The van der Waals surface area contributed by atoms with Crippen molar-refractivity contribution < 1.29 is 24.2 Å². The zero-order valence-corrected chi connectivity index (χ0v) is 28.7. The van der Waals surface area contributed by atoms with Gasteiger partial charge in [-0.1, -0.05) is 48.5 Å². The van der Waals surface area contributed by atoms with Gasteiger partial charge in [-0.25, -0.2) is 4.79 Å². The number of hydrogen-bond acceptors (Lipinski definition) is 8. The van der Waals surface area contributed by atoms with Gasteiger partial charge in [0.2, 0.25) is 5.91 Å². The number of carboxylic acids is 1. The Balaban J connectivity index is 0.000000258. The van der Waals surface area contributed by atoms with Gasteiger partial charge in [-0.15, -0.1) is 0 Å². The molecule has 0 aliphatic heterocycles. The summed E-state index contributed by atoms with van der Waals surface area (Å²) in [5.74, 6) is -1.24. The van der Waals surface area contributed by atoms with E-state index >= 15 is 0 Å². The number of carboxylic acid groups (broad SMARTS) is 1. The molecule has 0 spiro atoms. The summed E-state index contributed by atoms with van der Waals surface area (Å²) >= 11 is 0. The van der Waals surface area contributed by atoms with Gasteiger partial charge >= 0.3 is 12.1 Å². The molecule has 7 N–H and O–H groups in total. The summed E-state index contributed by atoms with van der Waals surface area (Å²) in [4.78, 5) is 41.2. The standard InChI is InChI=1S/C16H19N3O.C13H14N2.C8H15NO4/c1-11(17)16(20)19-12(2)13-5-3-6-14(9-13)15-7-4-8-18-10-15;1-10(14)11-4-2-5-12(8-11)13-6-3-7-15-9-13;1-5(6(10)11)9-7(12)13-8(2,3)4/h3-12H,17H2,1-2H3,(H,19,20);2-10H,14H2,1H3;5H,1-4H3,(H,9,12)(H,10,11)/t11-,12-;10-;5-/m001/s1. The van der Waals surface area contributed by atoms with Crippen molar-refractivity contribution in [2.45, 2.75) is 78.2 Å². The first-order valence-electron chi connectivity index (χ1n) is 15.6. The van der Waals surface area contributed by atoms with Gasteiger partial charge in [0, 0.05) is 30.8 Å². The summed E-state index contributed by atoms with van der Waals surface area (Å²) in [7, 11) is 0. The van der Waals surface area contributed by atoms with Gasteiger partial charge < -0.3 is 31.9 Å². The molecule has 0 unspecified atom stereocenters. The average Bonchev–Trinajstić information content (AvgIpc) is 3.05. The number of nitrogens with two attached hydrogens (primary N) is 2. The maximum atomic E-state index is 11.6. The van der Waals surface area contributed by atoms with Crippen LogP contribution in [0.1, 0.15) is 71.7 Å². The van der Waals surface area contributed by atoms with Crippen molar-refractivity contribution in [2.75, 3.05) is 0 Å². The van der Waals surface area contributed by atoms with Crippen LogP contribution in [0.3, 0.4) is 0 Å². The number of carbonyl (C=O) groups is 3. The normalized spacial score (nSPS) is 13.1. The SMILES string of the molecule is C[C@@H](NC(=O)OC(C)(C)C)C(=O)O.C[C@H](N)C(=O)N[C@@H](C)c1cccc(-c2cccnc2)c1.C[C@H](N)c1cccc(-c2cccnc2)c1. The second kappa shape index (κ2) is 18.9. The van der Waals surface area contributed by atoms with Crippen molar-refractivity contribution in [1.29, 1.82) is 0 Å². The molecule has 0 fully saturated rings. The number of benzene rings is 2. The summed E-state index contributed by atoms with van der Waals surface area (Å²) in [5, 5.41) is 13.5. The molecule has 48 heavy (non-hydrogen) atoms. The van der Waals surface area contributed by atoms with E-state index < -0.39 is 29.7 Å². The monoisotopic (exact) mass is 656 g/mol. The van der Waals surface area contributed by atoms with E-state index in [0.717, 1.165) is 33.4 Å². The number of ether oxygens (including phenoxy) is 1. The number of nitrogens with zero attached hydrogens (tertiary/aromatic N) is 2. The predicted octanol–water partition coefficient (Wildman–Crippen LogP) is 6.03. The van der Waals surface area contributed by atoms with Crippen molar-refractivity contribution in [3.63, 3.8) is 0 Å². The van der Waals surface area contributed by atoms with Gasteiger partial charge in [0.05, 0.1) is 12.1 Å². The molecule has 2 amide bonds. The van der Waals surface area contributed by atoms with Crippen LogP contribution in [0, 0.1) is 0 Å². The first-order valence-corrected chi connectivity index (χ1v) is 15.6. The summed E-state index contributed by atoms with van der Waals surface area (Å²) in [6.45, 7) is 12.1. The first kappa shape index (κ1) is 39.1. The van der Waals surface area contributed by atoms with E-state index in [0.29, 0.717) is 0 Å². The molecule has 0 bridgehead atoms. The van der Waals surface area contributed by atoms with Gasteiger partial charge in [0.15, 0.2) is 0 Å². The van der Waals surface area contributed by atoms with E-state index in [4.69, 9.17) is 21.3 Å². The third-order valence-corrected chi connectivity index (χ3v) is 6.66. The lowest BCUT2D eigenvalue weighted by atomic mass is 10.0. The molecule has 0 saturated heterocycles. The number of rotatable bonds is 8. The second-order valence-electron chi connectivity index (χ2n) is 12.2. The number of alkyl carbamates (subject to hydrolysis) is 1. The molecule has 2 aromatic heterocycles. The first-order chi connectivity index (χ1) is 22.6. The Morgan fingerprint density at radius 2 is 1.21 bits per heavy atom. The smallest absolute Gasteiger partial charge is 0.408 e. The van der Waals surface area contributed by atoms with Crippen LogP contribution >= 0.6 is 0 Å². The second-order valence-corrected chi connectivity index (χ2v) is 12.2. The van der Waals surface area contributed by atoms with Crippen LogP contribution < -0.4 is 22.1 Å². The molecular weight excluding hydrogens is 608 g/mol. The predicted molar refractivity (Wildman–Crippen MR) is 189 cm³/mol. The topological polar surface area (TPSA) is 183 Å². The lowest BCUT2D eigenvalue weighted by molar-refractivity contribution is -0.139. The Labute approximate surface area is 283 Å². The van der Waals surface area contributed by atoms with Gasteiger partial charge in [-0.05, 0) is 106 Å². The summed E-state index contributed by atoms with van der Waals surface area (Å²) in [6.07, 6.45) is 6.49. The molecule has 0 saturated carbocycles. The minimum absolute atomic E-state index is 0.0709. The fraction of sp³-hybridized carbons (Fsp3) is 0.324. The van der Waals surface area contributed by atoms with Gasteiger partial charge in [-0.3, -0.25) is 19.6 Å². The number of hydrogen-bond donors (Lipinski definition) is 5. The highest BCUT2D eigenvalue weighted by molar-refractivity contribution is 5.81. The zero-order valence-electron chi connectivity index (χ0n) is 28.7. The number of nitrogens with one attached hydrogen (secondary N) is 2. The average molecular weight is 657 g/mol. The molecule has 0 aliphatic carbocycles. The lowest BCUT2D eigenvalue weighted by Crippen LogP contribution is -2.41. The van der Waals surface area contributed by atoms with E-state index in [-0.39, 0.29) is 18.0 Å². The van der Waals surface area contributed by atoms with Crippen LogP contribution in [0.4, 0.5) is 4.79 Å². The maximum absolute atomic E-state index is 11.6. The number of amides is 2. The van der Waals surface area contributed by atoms with Crippen LogP contribution in [0.5, 0.6) is 0 Å². The van der Waals surface area contributed by atoms with Crippen LogP contribution in [0.15, 0.2) is 97.6 Å². The Morgan fingerprint density at radius 3 is 1.62 bits per heavy atom. The molecule has 2 heterocycles. The Bertz CT molecular complexity index is 1590. The van der Waals surface area contributed by atoms with Gasteiger partial charge in [0.1, 0.15) is 11.6 Å². The fourth-order valence-corrected chi connectivity index (χ4v) is 4.03. The quantitative estimate of drug-likeness (QED) is 0.151. The minimum atomic E-state index is -1.09. The molecule has 4 rings (SSSR count). The molecule has 11 heteroatoms. The maximum Gasteiger partial charge on any atom is 0.408 e. The zero-order chi connectivity index (χ0) is 35.9. The largest absolute Gasteiger partial charge is 0.480 e. The summed E-state index contributed by atoms with van der Waals surface area (Å²) in [5.41, 5.74) is 17.4. The molecule has 11 nitrogen and oxygen atoms in total. The molecule has 2 aromatic carbocycles. The van der Waals surface area contributed by atoms with Crippen LogP contribution in [0.2, 0.25) is 0 Å². The highest BCUT2D eigenvalue weighted by atomic mass is 16.6. The van der Waals surface area contributed by atoms with Gasteiger partial charge in [-0.2, -0.15) is 0 Å². The Hall–Kier alpha value is -5.13. The van der Waals surface area contributed by atoms with E-state index in [1.807, 2.05) is 80.8 Å². The number of carbonyl (C=O) groups excluding carboxylic acids is 2. The van der Waals surface area contributed by atoms with Crippen molar-refractivity contribution >= 4 is 18.0 Å². The number of aromatic nitrogens is 2. The molecule has 4 aromatic rings. The van der Waals surface area contributed by atoms with E-state index in [1.54, 1.807) is 40.1 Å². The Kier molecular flexibility index (Phi) is 15.4. The van der Waals surface area contributed by atoms with Crippen LogP contribution in [0.25, 0.3) is 22.3 Å². The number of pyridine rings is 2. The molecule has 0 radical (unpaired) electrons. The van der Waals surface area contributed by atoms with Crippen molar-refractivity contribution in [1.82, 2.24) is 20.6 Å². The van der Waals surface area contributed by atoms with Gasteiger partial charge in [0.25, 0.3) is 0 Å². The van der Waals surface area contributed by atoms with Crippen LogP contribution in [-0.4, -0.2) is 50.7 Å². The van der Waals surface area contributed by atoms with Crippen molar-refractivity contribution in [2.24, 2.45) is 11.5 Å². The summed E-state index contributed by atoms with van der Waals surface area (Å²) < 4.78 is 4.85. The minimum Gasteiger partial charge on any atom is -0.480 e. The van der Waals surface area contributed by atoms with E-state index in [9.17, 15) is 14.4 Å². The fourth-order valence-electron chi connectivity index (χ4n) is 4.03. The van der Waals surface area contributed by atoms with Crippen molar-refractivity contribution in [3.05, 3.63) is 109 Å². The van der Waals surface area contributed by atoms with E-state index in [2.05, 4.69) is 38.8 Å². The Morgan fingerprint density at radius 1 is 0.729 bits per heavy atom. The molecule has 0 aliphatic rings. The number of aliphatic carboxylic acids is 1. The van der Waals surface area contributed by atoms with Crippen molar-refractivity contribution in [3.8, 4) is 22.3 Å². The lowest BCUT2D eigenvalue weighted by Gasteiger charge is -2.20. The van der Waals surface area contributed by atoms with Crippen LogP contribution in [-0.2, 0) is 14.3 Å². The highest BCUT2D eigenvalue weighted by Crippen LogP contribution is 2.23. The molecular formula is C37H48N6O5. The summed E-state index contributed by atoms with van der Waals surface area (Å²) in [6, 6.07) is 22.8.